The van der Waals surface area contributed by atoms with Crippen molar-refractivity contribution >= 4 is 23.5 Å². The fourth-order valence-corrected chi connectivity index (χ4v) is 5.70. The Hall–Kier alpha value is -2.77. The third-order valence-corrected chi connectivity index (χ3v) is 8.10. The van der Waals surface area contributed by atoms with Crippen LogP contribution in [0.15, 0.2) is 42.5 Å². The molecule has 1 aliphatic carbocycles. The molecule has 2 aromatic rings. The van der Waals surface area contributed by atoms with Crippen molar-refractivity contribution in [2.45, 2.75) is 44.2 Å². The molecule has 3 amide bonds. The van der Waals surface area contributed by atoms with Gasteiger partial charge < -0.3 is 15.2 Å². The molecule has 8 heteroatoms. The number of methoxy groups -OCH3 is 1. The summed E-state index contributed by atoms with van der Waals surface area (Å²) in [7, 11) is 1.61. The maximum Gasteiger partial charge on any atom is 0.325 e. The van der Waals surface area contributed by atoms with Crippen molar-refractivity contribution in [3.63, 3.8) is 0 Å². The Balaban J connectivity index is 1.35. The maximum absolute atomic E-state index is 13.8. The van der Waals surface area contributed by atoms with E-state index in [2.05, 4.69) is 10.2 Å². The number of phenols is 1. The molecule has 3 fully saturated rings. The van der Waals surface area contributed by atoms with Gasteiger partial charge in [0.2, 0.25) is 0 Å². The second-order valence-corrected chi connectivity index (χ2v) is 10.5. The monoisotopic (exact) mass is 497 g/mol. The Morgan fingerprint density at radius 1 is 1.09 bits per heavy atom. The number of urea groups is 1. The number of likely N-dealkylation sites (tertiary alicyclic amines) is 1. The molecular formula is C27H32ClN3O4. The number of rotatable bonds is 8. The Morgan fingerprint density at radius 2 is 1.83 bits per heavy atom. The topological polar surface area (TPSA) is 82.1 Å². The predicted octanol–water partition coefficient (Wildman–Crippen LogP) is 4.21. The molecule has 3 aliphatic rings. The van der Waals surface area contributed by atoms with Crippen LogP contribution in [-0.2, 0) is 17.8 Å². The summed E-state index contributed by atoms with van der Waals surface area (Å²) in [5.74, 6) is 1.27. The van der Waals surface area contributed by atoms with Crippen LogP contribution in [0, 0.1) is 11.8 Å². The van der Waals surface area contributed by atoms with Crippen LogP contribution in [0.5, 0.6) is 11.5 Å². The van der Waals surface area contributed by atoms with E-state index in [0.29, 0.717) is 36.2 Å². The standard InChI is InChI=1S/C27H32ClN3O4/c1-35-22-8-9-24(32)20(14-22)17-30-12-10-21(11-13-30)27(15-19-4-2-3-5-23(19)28)25(33)31(26(34)29-27)16-18-6-7-18/h2-5,8-9,14,18,21,32H,6-7,10-13,15-17H2,1H3,(H,29,34)/t27-/m1/s1. The van der Waals surface area contributed by atoms with E-state index in [-0.39, 0.29) is 23.6 Å². The van der Waals surface area contributed by atoms with Gasteiger partial charge in [-0.1, -0.05) is 29.8 Å². The van der Waals surface area contributed by atoms with Crippen molar-refractivity contribution in [2.24, 2.45) is 11.8 Å². The zero-order valence-corrected chi connectivity index (χ0v) is 20.8. The predicted molar refractivity (Wildman–Crippen MR) is 134 cm³/mol. The minimum absolute atomic E-state index is 0.00502. The highest BCUT2D eigenvalue weighted by atomic mass is 35.5. The number of nitrogens with one attached hydrogen (secondary N) is 1. The summed E-state index contributed by atoms with van der Waals surface area (Å²) in [6.45, 7) is 2.62. The Morgan fingerprint density at radius 3 is 2.51 bits per heavy atom. The average Bonchev–Trinajstić information content (AvgIpc) is 3.65. The number of aromatic hydroxyl groups is 1. The number of piperidine rings is 1. The summed E-state index contributed by atoms with van der Waals surface area (Å²) in [4.78, 5) is 30.6. The largest absolute Gasteiger partial charge is 0.508 e. The molecule has 0 radical (unpaired) electrons. The van der Waals surface area contributed by atoms with Crippen molar-refractivity contribution in [2.75, 3.05) is 26.7 Å². The van der Waals surface area contributed by atoms with Gasteiger partial charge in [-0.25, -0.2) is 4.79 Å². The van der Waals surface area contributed by atoms with Gasteiger partial charge in [0.1, 0.15) is 17.0 Å². The second kappa shape index (κ2) is 9.70. The minimum atomic E-state index is -0.985. The van der Waals surface area contributed by atoms with Crippen molar-refractivity contribution in [1.29, 1.82) is 0 Å². The zero-order chi connectivity index (χ0) is 24.6. The third-order valence-electron chi connectivity index (χ3n) is 7.73. The zero-order valence-electron chi connectivity index (χ0n) is 20.0. The molecule has 2 N–H and O–H groups in total. The van der Waals surface area contributed by atoms with Gasteiger partial charge >= 0.3 is 6.03 Å². The number of carbonyl (C=O) groups excluding carboxylic acids is 2. The van der Waals surface area contributed by atoms with Gasteiger partial charge in [0.25, 0.3) is 5.91 Å². The van der Waals surface area contributed by atoms with Crippen molar-refractivity contribution in [3.8, 4) is 11.5 Å². The van der Waals surface area contributed by atoms with Crippen LogP contribution < -0.4 is 10.1 Å². The van der Waals surface area contributed by atoms with Crippen molar-refractivity contribution in [3.05, 3.63) is 58.6 Å². The van der Waals surface area contributed by atoms with Crippen LogP contribution >= 0.6 is 11.6 Å². The van der Waals surface area contributed by atoms with Crippen LogP contribution in [0.3, 0.4) is 0 Å². The molecular weight excluding hydrogens is 466 g/mol. The van der Waals surface area contributed by atoms with E-state index in [1.165, 1.54) is 4.90 Å². The normalized spacial score (nSPS) is 23.5. The fraction of sp³-hybridized carbons (Fsp3) is 0.481. The first-order valence-corrected chi connectivity index (χ1v) is 12.7. The highest BCUT2D eigenvalue weighted by Crippen LogP contribution is 2.40. The number of amides is 3. The molecule has 2 saturated heterocycles. The summed E-state index contributed by atoms with van der Waals surface area (Å²) >= 11 is 6.49. The van der Waals surface area contributed by atoms with E-state index in [1.54, 1.807) is 19.2 Å². The molecule has 0 unspecified atom stereocenters. The smallest absolute Gasteiger partial charge is 0.325 e. The molecule has 1 saturated carbocycles. The first kappa shape index (κ1) is 23.9. The number of phenolic OH excluding ortho intramolecular Hbond substituents is 1. The van der Waals surface area contributed by atoms with Gasteiger partial charge in [-0.15, -0.1) is 0 Å². The van der Waals surface area contributed by atoms with Gasteiger partial charge in [0, 0.05) is 30.1 Å². The van der Waals surface area contributed by atoms with Crippen LogP contribution in [0.2, 0.25) is 5.02 Å². The third kappa shape index (κ3) is 4.84. The molecule has 2 aliphatic heterocycles. The first-order valence-electron chi connectivity index (χ1n) is 12.4. The number of nitrogens with zero attached hydrogens (tertiary/aromatic N) is 2. The summed E-state index contributed by atoms with van der Waals surface area (Å²) in [5.41, 5.74) is 0.704. The van der Waals surface area contributed by atoms with Gasteiger partial charge in [0.15, 0.2) is 0 Å². The summed E-state index contributed by atoms with van der Waals surface area (Å²) < 4.78 is 5.30. The van der Waals surface area contributed by atoms with E-state index >= 15 is 0 Å². The van der Waals surface area contributed by atoms with Gasteiger partial charge in [-0.2, -0.15) is 0 Å². The lowest BCUT2D eigenvalue weighted by molar-refractivity contribution is -0.134. The van der Waals surface area contributed by atoms with Gasteiger partial charge in [-0.05, 0) is 80.4 Å². The number of imide groups is 1. The molecule has 0 spiro atoms. The average molecular weight is 498 g/mol. The van der Waals surface area contributed by atoms with E-state index < -0.39 is 5.54 Å². The molecule has 0 bridgehead atoms. The molecule has 186 valence electrons. The summed E-state index contributed by atoms with van der Waals surface area (Å²) in [6, 6.07) is 12.5. The first-order chi connectivity index (χ1) is 16.9. The molecule has 2 heterocycles. The highest BCUT2D eigenvalue weighted by Gasteiger charge is 2.56. The molecule has 2 aromatic carbocycles. The number of hydrogen-bond acceptors (Lipinski definition) is 5. The lowest BCUT2D eigenvalue weighted by atomic mass is 9.73. The Labute approximate surface area is 211 Å². The Kier molecular flexibility index (Phi) is 6.64. The number of benzene rings is 2. The number of hydrogen-bond donors (Lipinski definition) is 2. The molecule has 7 nitrogen and oxygen atoms in total. The van der Waals surface area contributed by atoms with Gasteiger partial charge in [-0.3, -0.25) is 14.6 Å². The second-order valence-electron chi connectivity index (χ2n) is 10.1. The molecule has 5 rings (SSSR count). The van der Waals surface area contributed by atoms with Crippen LogP contribution in [0.4, 0.5) is 4.79 Å². The van der Waals surface area contributed by atoms with Gasteiger partial charge in [0.05, 0.1) is 7.11 Å². The quantitative estimate of drug-likeness (QED) is 0.534. The highest BCUT2D eigenvalue weighted by molar-refractivity contribution is 6.31. The molecule has 0 aromatic heterocycles. The lowest BCUT2D eigenvalue weighted by Crippen LogP contribution is -2.57. The molecule has 1 atom stereocenters. The number of ether oxygens (including phenoxy) is 1. The molecule has 35 heavy (non-hydrogen) atoms. The van der Waals surface area contributed by atoms with E-state index in [9.17, 15) is 14.7 Å². The Bertz CT molecular complexity index is 1110. The van der Waals surface area contributed by atoms with Crippen LogP contribution in [0.25, 0.3) is 0 Å². The maximum atomic E-state index is 13.8. The number of carbonyl (C=O) groups is 2. The summed E-state index contributed by atoms with van der Waals surface area (Å²) in [5, 5.41) is 14.0. The van der Waals surface area contributed by atoms with Crippen molar-refractivity contribution < 1.29 is 19.4 Å². The SMILES string of the molecule is COc1ccc(O)c(CN2CCC([C@@]3(Cc4ccccc4Cl)NC(=O)N(CC4CC4)C3=O)CC2)c1. The number of halogens is 1. The van der Waals surface area contributed by atoms with Crippen LogP contribution in [0.1, 0.15) is 36.8 Å². The van der Waals surface area contributed by atoms with E-state index in [4.69, 9.17) is 16.3 Å². The van der Waals surface area contributed by atoms with Crippen LogP contribution in [-0.4, -0.2) is 59.1 Å². The van der Waals surface area contributed by atoms with E-state index in [0.717, 1.165) is 49.9 Å². The minimum Gasteiger partial charge on any atom is -0.508 e. The lowest BCUT2D eigenvalue weighted by Gasteiger charge is -2.41. The van der Waals surface area contributed by atoms with Crippen molar-refractivity contribution in [1.82, 2.24) is 15.1 Å². The summed E-state index contributed by atoms with van der Waals surface area (Å²) in [6.07, 6.45) is 4.06. The fourth-order valence-electron chi connectivity index (χ4n) is 5.49. The van der Waals surface area contributed by atoms with E-state index in [1.807, 2.05) is 30.3 Å².